The molecule has 1 aliphatic heterocycles. The summed E-state index contributed by atoms with van der Waals surface area (Å²) in [5.41, 5.74) is 3.95. The lowest BCUT2D eigenvalue weighted by atomic mass is 10.0. The number of aryl methyl sites for hydroxylation is 1. The van der Waals surface area contributed by atoms with E-state index in [4.69, 9.17) is 11.6 Å². The largest absolute Gasteiger partial charge is 0.306 e. The fourth-order valence-electron chi connectivity index (χ4n) is 3.55. The first-order chi connectivity index (χ1) is 12.6. The number of halogens is 3. The second-order valence-corrected chi connectivity index (χ2v) is 6.74. The molecule has 7 heteroatoms. The van der Waals surface area contributed by atoms with Gasteiger partial charge in [0.1, 0.15) is 23.0 Å². The van der Waals surface area contributed by atoms with Gasteiger partial charge in [-0.15, -0.1) is 0 Å². The first kappa shape index (κ1) is 15.5. The summed E-state index contributed by atoms with van der Waals surface area (Å²) in [6, 6.07) is 7.83. The maximum absolute atomic E-state index is 14.5. The van der Waals surface area contributed by atoms with Crippen molar-refractivity contribution in [1.29, 1.82) is 0 Å². The van der Waals surface area contributed by atoms with Gasteiger partial charge in [-0.2, -0.15) is 5.10 Å². The highest BCUT2D eigenvalue weighted by molar-refractivity contribution is 6.31. The zero-order valence-corrected chi connectivity index (χ0v) is 14.3. The molecule has 5 rings (SSSR count). The average Bonchev–Trinajstić information content (AvgIpc) is 3.30. The van der Waals surface area contributed by atoms with Crippen LogP contribution in [-0.4, -0.2) is 19.2 Å². The van der Waals surface area contributed by atoms with Crippen molar-refractivity contribution in [3.8, 4) is 22.5 Å². The van der Waals surface area contributed by atoms with Crippen LogP contribution < -0.4 is 0 Å². The van der Waals surface area contributed by atoms with E-state index in [1.165, 1.54) is 6.07 Å². The number of hydrogen-bond donors (Lipinski definition) is 0. The van der Waals surface area contributed by atoms with Gasteiger partial charge in [0, 0.05) is 36.3 Å². The minimum Gasteiger partial charge on any atom is -0.306 e. The van der Waals surface area contributed by atoms with E-state index in [1.807, 2.05) is 39.7 Å². The molecule has 0 radical (unpaired) electrons. The molecule has 0 saturated carbocycles. The molecule has 0 N–H and O–H groups in total. The number of hydrogen-bond acceptors (Lipinski definition) is 2. The smallest absolute Gasteiger partial charge is 0.144 e. The van der Waals surface area contributed by atoms with Gasteiger partial charge in [-0.05, 0) is 31.0 Å². The Kier molecular flexibility index (Phi) is 3.37. The lowest BCUT2D eigenvalue weighted by molar-refractivity contribution is 0.584. The van der Waals surface area contributed by atoms with E-state index in [0.717, 1.165) is 42.4 Å². The van der Waals surface area contributed by atoms with Gasteiger partial charge in [-0.3, -0.25) is 4.68 Å². The van der Waals surface area contributed by atoms with Gasteiger partial charge in [-0.1, -0.05) is 17.7 Å². The van der Waals surface area contributed by atoms with E-state index < -0.39 is 11.6 Å². The molecule has 0 unspecified atom stereocenters. The molecule has 0 amide bonds. The minimum absolute atomic E-state index is 0.129. The number of imidazole rings is 1. The summed E-state index contributed by atoms with van der Waals surface area (Å²) in [7, 11) is 0. The quantitative estimate of drug-likeness (QED) is 0.478. The van der Waals surface area contributed by atoms with Crippen LogP contribution in [0.3, 0.4) is 0 Å². The number of aromatic nitrogens is 4. The highest BCUT2D eigenvalue weighted by Gasteiger charge is 2.27. The van der Waals surface area contributed by atoms with Gasteiger partial charge in [-0.25, -0.2) is 13.8 Å². The molecule has 0 fully saturated rings. The van der Waals surface area contributed by atoms with Crippen LogP contribution in [0.1, 0.15) is 12.1 Å². The minimum atomic E-state index is -0.783. The predicted octanol–water partition coefficient (Wildman–Crippen LogP) is 4.74. The van der Waals surface area contributed by atoms with E-state index in [0.29, 0.717) is 11.4 Å². The van der Waals surface area contributed by atoms with Crippen LogP contribution >= 0.6 is 11.6 Å². The molecule has 1 aromatic carbocycles. The Morgan fingerprint density at radius 2 is 2.00 bits per heavy atom. The molecule has 0 aliphatic carbocycles. The van der Waals surface area contributed by atoms with Crippen molar-refractivity contribution in [1.82, 2.24) is 19.2 Å². The number of rotatable bonds is 2. The van der Waals surface area contributed by atoms with Crippen LogP contribution in [0.25, 0.3) is 28.2 Å². The Hall–Kier alpha value is -2.73. The van der Waals surface area contributed by atoms with Crippen molar-refractivity contribution in [2.45, 2.75) is 19.4 Å². The molecule has 4 nitrogen and oxygen atoms in total. The fourth-order valence-corrected chi connectivity index (χ4v) is 3.71. The zero-order valence-electron chi connectivity index (χ0n) is 13.6. The van der Waals surface area contributed by atoms with E-state index in [2.05, 4.69) is 10.1 Å². The molecule has 0 bridgehead atoms. The summed E-state index contributed by atoms with van der Waals surface area (Å²) >= 11 is 5.90. The SMILES string of the molecule is Fc1cc(F)c(-c2nn3c(c2-c2cn4ccccc4n2)CCC3)cc1Cl. The molecule has 130 valence electrons. The van der Waals surface area contributed by atoms with Crippen molar-refractivity contribution in [3.63, 3.8) is 0 Å². The molecule has 4 heterocycles. The van der Waals surface area contributed by atoms with Gasteiger partial charge >= 0.3 is 0 Å². The number of benzene rings is 1. The van der Waals surface area contributed by atoms with Crippen molar-refractivity contribution < 1.29 is 8.78 Å². The third-order valence-electron chi connectivity index (χ3n) is 4.73. The summed E-state index contributed by atoms with van der Waals surface area (Å²) in [4.78, 5) is 4.67. The topological polar surface area (TPSA) is 35.1 Å². The summed E-state index contributed by atoms with van der Waals surface area (Å²) in [6.07, 6.45) is 5.63. The second-order valence-electron chi connectivity index (χ2n) is 6.34. The van der Waals surface area contributed by atoms with Crippen molar-refractivity contribution >= 4 is 17.2 Å². The lowest BCUT2D eigenvalue weighted by Gasteiger charge is -2.05. The summed E-state index contributed by atoms with van der Waals surface area (Å²) < 4.78 is 31.9. The zero-order chi connectivity index (χ0) is 17.8. The molecular weight excluding hydrogens is 358 g/mol. The van der Waals surface area contributed by atoms with E-state index in [1.54, 1.807) is 0 Å². The number of nitrogens with zero attached hydrogens (tertiary/aromatic N) is 4. The summed E-state index contributed by atoms with van der Waals surface area (Å²) in [5, 5.41) is 4.46. The van der Waals surface area contributed by atoms with Crippen LogP contribution in [-0.2, 0) is 13.0 Å². The van der Waals surface area contributed by atoms with Gasteiger partial charge in [0.15, 0.2) is 0 Å². The third kappa shape index (κ3) is 2.25. The van der Waals surface area contributed by atoms with Gasteiger partial charge in [0.05, 0.1) is 16.3 Å². The molecule has 0 spiro atoms. The van der Waals surface area contributed by atoms with Crippen LogP contribution in [0.4, 0.5) is 8.78 Å². The van der Waals surface area contributed by atoms with Crippen molar-refractivity contribution in [2.24, 2.45) is 0 Å². The van der Waals surface area contributed by atoms with Crippen LogP contribution in [0.5, 0.6) is 0 Å². The first-order valence-corrected chi connectivity index (χ1v) is 8.68. The Morgan fingerprint density at radius 1 is 1.12 bits per heavy atom. The number of fused-ring (bicyclic) bond motifs is 2. The standard InChI is InChI=1S/C19H13ClF2N4/c20-12-8-11(13(21)9-14(12)22)19-18(16-4-3-7-26(16)24-19)15-10-25-6-2-1-5-17(25)23-15/h1-2,5-6,8-10H,3-4,7H2. The van der Waals surface area contributed by atoms with Gasteiger partial charge < -0.3 is 4.40 Å². The average molecular weight is 371 g/mol. The Labute approximate surface area is 152 Å². The molecule has 4 aromatic rings. The van der Waals surface area contributed by atoms with Crippen LogP contribution in [0, 0.1) is 11.6 Å². The Bertz CT molecular complexity index is 1130. The maximum atomic E-state index is 14.5. The summed E-state index contributed by atoms with van der Waals surface area (Å²) in [5.74, 6) is -1.47. The van der Waals surface area contributed by atoms with Gasteiger partial charge in [0.2, 0.25) is 0 Å². The third-order valence-corrected chi connectivity index (χ3v) is 5.02. The normalized spacial score (nSPS) is 13.5. The lowest BCUT2D eigenvalue weighted by Crippen LogP contribution is -1.95. The molecule has 0 atom stereocenters. The Balaban J connectivity index is 1.79. The van der Waals surface area contributed by atoms with Crippen molar-refractivity contribution in [3.05, 3.63) is 65.1 Å². The van der Waals surface area contributed by atoms with E-state index >= 15 is 0 Å². The van der Waals surface area contributed by atoms with E-state index in [-0.39, 0.29) is 10.6 Å². The van der Waals surface area contributed by atoms with E-state index in [9.17, 15) is 8.78 Å². The number of pyridine rings is 1. The van der Waals surface area contributed by atoms with Crippen molar-refractivity contribution in [2.75, 3.05) is 0 Å². The highest BCUT2D eigenvalue weighted by Crippen LogP contribution is 2.39. The van der Waals surface area contributed by atoms with Gasteiger partial charge in [0.25, 0.3) is 0 Å². The molecular formula is C19H13ClF2N4. The highest BCUT2D eigenvalue weighted by atomic mass is 35.5. The maximum Gasteiger partial charge on any atom is 0.144 e. The predicted molar refractivity (Wildman–Crippen MR) is 95.1 cm³/mol. The fraction of sp³-hybridized carbons (Fsp3) is 0.158. The molecule has 0 saturated heterocycles. The first-order valence-electron chi connectivity index (χ1n) is 8.30. The molecule has 26 heavy (non-hydrogen) atoms. The second kappa shape index (κ2) is 5.64. The monoisotopic (exact) mass is 370 g/mol. The Morgan fingerprint density at radius 3 is 2.85 bits per heavy atom. The van der Waals surface area contributed by atoms with Crippen LogP contribution in [0.15, 0.2) is 42.7 Å². The molecule has 3 aromatic heterocycles. The molecule has 1 aliphatic rings. The van der Waals surface area contributed by atoms with Crippen LogP contribution in [0.2, 0.25) is 5.02 Å². The summed E-state index contributed by atoms with van der Waals surface area (Å²) in [6.45, 7) is 0.770.